The molecule has 1 atom stereocenters. The predicted octanol–water partition coefficient (Wildman–Crippen LogP) is 0.592. The maximum absolute atomic E-state index is 11.5. The summed E-state index contributed by atoms with van der Waals surface area (Å²) in [6.45, 7) is 4.65. The maximum Gasteiger partial charge on any atom is 0.153 e. The molecule has 0 spiro atoms. The maximum atomic E-state index is 11.5. The first-order valence-electron chi connectivity index (χ1n) is 5.46. The van der Waals surface area contributed by atoms with Crippen LogP contribution in [0.3, 0.4) is 0 Å². The molecule has 5 nitrogen and oxygen atoms in total. The van der Waals surface area contributed by atoms with E-state index < -0.39 is 9.84 Å². The lowest BCUT2D eigenvalue weighted by Crippen LogP contribution is -2.39. The van der Waals surface area contributed by atoms with Crippen molar-refractivity contribution in [2.45, 2.75) is 25.8 Å². The second-order valence-corrected chi connectivity index (χ2v) is 6.73. The molecule has 1 aromatic rings. The number of rotatable bonds is 2. The fraction of sp³-hybridized carbons (Fsp3) is 0.700. The third-order valence-corrected chi connectivity index (χ3v) is 4.46. The van der Waals surface area contributed by atoms with E-state index in [9.17, 15) is 8.42 Å². The Morgan fingerprint density at radius 1 is 1.50 bits per heavy atom. The van der Waals surface area contributed by atoms with Crippen LogP contribution < -0.4 is 5.32 Å². The summed E-state index contributed by atoms with van der Waals surface area (Å²) in [7, 11) is -2.91. The number of imidazole rings is 1. The van der Waals surface area contributed by atoms with Gasteiger partial charge in [0, 0.05) is 18.4 Å². The summed E-state index contributed by atoms with van der Waals surface area (Å²) in [6, 6.07) is -0.189. The average Bonchev–Trinajstić information content (AvgIpc) is 2.64. The third-order valence-electron chi connectivity index (χ3n) is 2.79. The lowest BCUT2D eigenvalue weighted by Gasteiger charge is -2.21. The smallest absolute Gasteiger partial charge is 0.153 e. The zero-order chi connectivity index (χ0) is 11.8. The zero-order valence-corrected chi connectivity index (χ0v) is 10.3. The van der Waals surface area contributed by atoms with Crippen LogP contribution >= 0.6 is 0 Å². The summed E-state index contributed by atoms with van der Waals surface area (Å²) in [5.41, 5.74) is 1.04. The van der Waals surface area contributed by atoms with Gasteiger partial charge in [-0.1, -0.05) is 13.8 Å². The van der Waals surface area contributed by atoms with Gasteiger partial charge < -0.3 is 10.3 Å². The van der Waals surface area contributed by atoms with Gasteiger partial charge in [-0.3, -0.25) is 0 Å². The van der Waals surface area contributed by atoms with Crippen molar-refractivity contribution in [3.8, 4) is 0 Å². The first-order chi connectivity index (χ1) is 7.48. The van der Waals surface area contributed by atoms with Crippen LogP contribution in [0, 0.1) is 0 Å². The van der Waals surface area contributed by atoms with Crippen LogP contribution in [0.5, 0.6) is 0 Å². The first kappa shape index (κ1) is 11.6. The minimum absolute atomic E-state index is 0.137. The standard InChI is InChI=1S/C10H17N3O2S/c1-7(2)8-5-12-10(13-8)9-6-16(14,15)4-3-11-9/h5,7,9,11H,3-4,6H2,1-2H3,(H,12,13). The second-order valence-electron chi connectivity index (χ2n) is 4.50. The normalized spacial score (nSPS) is 24.8. The molecule has 0 bridgehead atoms. The van der Waals surface area contributed by atoms with Crippen LogP contribution in [0.1, 0.15) is 37.3 Å². The Kier molecular flexibility index (Phi) is 3.03. The molecule has 0 radical (unpaired) electrons. The fourth-order valence-electron chi connectivity index (χ4n) is 1.78. The van der Waals surface area contributed by atoms with Crippen LogP contribution in [0.15, 0.2) is 6.20 Å². The molecule has 6 heteroatoms. The van der Waals surface area contributed by atoms with Crippen molar-refractivity contribution in [2.75, 3.05) is 18.1 Å². The minimum Gasteiger partial charge on any atom is -0.344 e. The van der Waals surface area contributed by atoms with Gasteiger partial charge in [-0.15, -0.1) is 0 Å². The Balaban J connectivity index is 2.17. The number of sulfone groups is 1. The average molecular weight is 243 g/mol. The van der Waals surface area contributed by atoms with E-state index in [4.69, 9.17) is 0 Å². The summed E-state index contributed by atoms with van der Waals surface area (Å²) in [6.07, 6.45) is 1.78. The van der Waals surface area contributed by atoms with Crippen molar-refractivity contribution in [1.29, 1.82) is 0 Å². The Bertz CT molecular complexity index is 464. The molecule has 0 aliphatic carbocycles. The molecule has 2 rings (SSSR count). The molecule has 0 amide bonds. The van der Waals surface area contributed by atoms with E-state index in [1.807, 2.05) is 0 Å². The predicted molar refractivity (Wildman–Crippen MR) is 62.1 cm³/mol. The Labute approximate surface area is 95.6 Å². The van der Waals surface area contributed by atoms with E-state index in [-0.39, 0.29) is 17.5 Å². The third kappa shape index (κ3) is 2.44. The molecule has 90 valence electrons. The largest absolute Gasteiger partial charge is 0.344 e. The molecule has 0 aromatic carbocycles. The monoisotopic (exact) mass is 243 g/mol. The number of aromatic amines is 1. The SMILES string of the molecule is CC(C)c1cnc(C2CS(=O)(=O)CCN2)[nH]1. The highest BCUT2D eigenvalue weighted by Crippen LogP contribution is 2.18. The molecule has 1 unspecified atom stereocenters. The summed E-state index contributed by atoms with van der Waals surface area (Å²) in [5, 5.41) is 3.17. The van der Waals surface area contributed by atoms with Crippen molar-refractivity contribution in [3.05, 3.63) is 17.7 Å². The number of H-pyrrole nitrogens is 1. The summed E-state index contributed by atoms with van der Waals surface area (Å²) >= 11 is 0. The molecular formula is C10H17N3O2S. The van der Waals surface area contributed by atoms with Crippen molar-refractivity contribution < 1.29 is 8.42 Å². The van der Waals surface area contributed by atoms with Gasteiger partial charge in [0.1, 0.15) is 5.82 Å². The Morgan fingerprint density at radius 2 is 2.25 bits per heavy atom. The van der Waals surface area contributed by atoms with E-state index in [1.54, 1.807) is 6.20 Å². The van der Waals surface area contributed by atoms with Gasteiger partial charge >= 0.3 is 0 Å². The summed E-state index contributed by atoms with van der Waals surface area (Å²) in [5.74, 6) is 1.47. The molecule has 0 saturated carbocycles. The molecule has 1 fully saturated rings. The molecule has 1 aromatic heterocycles. The van der Waals surface area contributed by atoms with E-state index in [2.05, 4.69) is 29.1 Å². The van der Waals surface area contributed by atoms with E-state index >= 15 is 0 Å². The van der Waals surface area contributed by atoms with Gasteiger partial charge in [0.25, 0.3) is 0 Å². The number of hydrogen-bond acceptors (Lipinski definition) is 4. The number of hydrogen-bond donors (Lipinski definition) is 2. The Hall–Kier alpha value is -0.880. The lowest BCUT2D eigenvalue weighted by atomic mass is 10.2. The van der Waals surface area contributed by atoms with Gasteiger partial charge in [-0.25, -0.2) is 13.4 Å². The Morgan fingerprint density at radius 3 is 2.81 bits per heavy atom. The van der Waals surface area contributed by atoms with Gasteiger partial charge in [0.05, 0.1) is 17.5 Å². The van der Waals surface area contributed by atoms with E-state index in [1.165, 1.54) is 0 Å². The molecule has 16 heavy (non-hydrogen) atoms. The number of nitrogens with one attached hydrogen (secondary N) is 2. The molecule has 1 aliphatic heterocycles. The molecule has 1 saturated heterocycles. The molecule has 2 N–H and O–H groups in total. The highest BCUT2D eigenvalue weighted by Gasteiger charge is 2.27. The van der Waals surface area contributed by atoms with Gasteiger partial charge in [-0.2, -0.15) is 0 Å². The van der Waals surface area contributed by atoms with Crippen LogP contribution in [0.25, 0.3) is 0 Å². The lowest BCUT2D eigenvalue weighted by molar-refractivity contribution is 0.517. The summed E-state index contributed by atoms with van der Waals surface area (Å²) in [4.78, 5) is 7.43. The quantitative estimate of drug-likeness (QED) is 0.797. The van der Waals surface area contributed by atoms with Gasteiger partial charge in [-0.05, 0) is 5.92 Å². The van der Waals surface area contributed by atoms with E-state index in [0.29, 0.717) is 12.5 Å². The van der Waals surface area contributed by atoms with Crippen molar-refractivity contribution in [1.82, 2.24) is 15.3 Å². The van der Waals surface area contributed by atoms with Crippen LogP contribution in [0.4, 0.5) is 0 Å². The molecule has 1 aliphatic rings. The number of aromatic nitrogens is 2. The van der Waals surface area contributed by atoms with Crippen LogP contribution in [-0.4, -0.2) is 36.4 Å². The van der Waals surface area contributed by atoms with Crippen LogP contribution in [0.2, 0.25) is 0 Å². The first-order valence-corrected chi connectivity index (χ1v) is 7.29. The topological polar surface area (TPSA) is 74.8 Å². The molecular weight excluding hydrogens is 226 g/mol. The van der Waals surface area contributed by atoms with Crippen molar-refractivity contribution in [3.63, 3.8) is 0 Å². The van der Waals surface area contributed by atoms with Crippen LogP contribution in [-0.2, 0) is 9.84 Å². The minimum atomic E-state index is -2.91. The summed E-state index contributed by atoms with van der Waals surface area (Å²) < 4.78 is 23.0. The van der Waals surface area contributed by atoms with Gasteiger partial charge in [0.2, 0.25) is 0 Å². The fourth-order valence-corrected chi connectivity index (χ4v) is 3.16. The van der Waals surface area contributed by atoms with Crippen molar-refractivity contribution >= 4 is 9.84 Å². The van der Waals surface area contributed by atoms with Gasteiger partial charge in [0.15, 0.2) is 9.84 Å². The second kappa shape index (κ2) is 4.18. The number of nitrogens with zero attached hydrogens (tertiary/aromatic N) is 1. The molecule has 2 heterocycles. The highest BCUT2D eigenvalue weighted by atomic mass is 32.2. The van der Waals surface area contributed by atoms with E-state index in [0.717, 1.165) is 11.5 Å². The van der Waals surface area contributed by atoms with Crippen molar-refractivity contribution in [2.24, 2.45) is 0 Å². The highest BCUT2D eigenvalue weighted by molar-refractivity contribution is 7.91. The zero-order valence-electron chi connectivity index (χ0n) is 9.53.